The summed E-state index contributed by atoms with van der Waals surface area (Å²) in [4.78, 5) is 21.6. The summed E-state index contributed by atoms with van der Waals surface area (Å²) in [5.41, 5.74) is 3.89. The number of hydrogen-bond donors (Lipinski definition) is 2. The molecule has 0 unspecified atom stereocenters. The van der Waals surface area contributed by atoms with Crippen LogP contribution in [-0.4, -0.2) is 30.9 Å². The van der Waals surface area contributed by atoms with Crippen molar-refractivity contribution in [3.05, 3.63) is 59.4 Å². The van der Waals surface area contributed by atoms with E-state index in [0.717, 1.165) is 30.0 Å². The van der Waals surface area contributed by atoms with Gasteiger partial charge in [0.2, 0.25) is 5.91 Å². The highest BCUT2D eigenvalue weighted by molar-refractivity contribution is 5.77. The maximum Gasteiger partial charge on any atom is 0.226 e. The quantitative estimate of drug-likeness (QED) is 0.743. The third-order valence-corrected chi connectivity index (χ3v) is 4.32. The molecule has 1 aromatic carbocycles. The predicted octanol–water partition coefficient (Wildman–Crippen LogP) is 1.73. The molecule has 2 aromatic heterocycles. The number of aromatic nitrogens is 5. The van der Waals surface area contributed by atoms with E-state index < -0.39 is 0 Å². The molecule has 1 aliphatic carbocycles. The van der Waals surface area contributed by atoms with Crippen molar-refractivity contribution >= 4 is 5.91 Å². The van der Waals surface area contributed by atoms with E-state index in [9.17, 15) is 4.79 Å². The van der Waals surface area contributed by atoms with Crippen LogP contribution in [0.4, 0.5) is 0 Å². The Kier molecular flexibility index (Phi) is 4.28. The molecule has 7 nitrogen and oxygen atoms in total. The molecule has 0 radical (unpaired) electrons. The first-order chi connectivity index (χ1) is 12.3. The maximum atomic E-state index is 12.1. The van der Waals surface area contributed by atoms with Gasteiger partial charge in [-0.15, -0.1) is 0 Å². The van der Waals surface area contributed by atoms with E-state index in [4.69, 9.17) is 0 Å². The smallest absolute Gasteiger partial charge is 0.226 e. The summed E-state index contributed by atoms with van der Waals surface area (Å²) in [6.07, 6.45) is 6.31. The number of nitrogens with zero attached hydrogens (tertiary/aromatic N) is 4. The van der Waals surface area contributed by atoms with Crippen molar-refractivity contribution in [1.82, 2.24) is 30.3 Å². The zero-order valence-electron chi connectivity index (χ0n) is 13.9. The first-order valence-corrected chi connectivity index (χ1v) is 8.58. The van der Waals surface area contributed by atoms with Crippen LogP contribution in [0.1, 0.15) is 35.7 Å². The van der Waals surface area contributed by atoms with E-state index in [2.05, 4.69) is 25.5 Å². The lowest BCUT2D eigenvalue weighted by Gasteiger charge is -2.07. The van der Waals surface area contributed by atoms with Gasteiger partial charge in [-0.3, -0.25) is 4.79 Å². The number of rotatable bonds is 5. The SMILES string of the molecule is O=C(Cc1cnn(-c2ccccc2)n1)NCc1nc2c([nH]1)CCCC2. The molecule has 2 heterocycles. The highest BCUT2D eigenvalue weighted by Crippen LogP contribution is 2.18. The van der Waals surface area contributed by atoms with Crippen molar-refractivity contribution in [1.29, 1.82) is 0 Å². The summed E-state index contributed by atoms with van der Waals surface area (Å²) in [6.45, 7) is 0.415. The number of aromatic amines is 1. The van der Waals surface area contributed by atoms with E-state index in [1.165, 1.54) is 23.3 Å². The number of H-pyrrole nitrogens is 1. The minimum atomic E-state index is -0.0884. The fourth-order valence-electron chi connectivity index (χ4n) is 3.07. The van der Waals surface area contributed by atoms with Gasteiger partial charge in [-0.1, -0.05) is 18.2 Å². The number of carbonyl (C=O) groups is 1. The number of imidazole rings is 1. The number of para-hydroxylation sites is 1. The number of hydrogen-bond acceptors (Lipinski definition) is 4. The molecule has 0 spiro atoms. The highest BCUT2D eigenvalue weighted by atomic mass is 16.1. The average Bonchev–Trinajstić information content (AvgIpc) is 3.27. The Hall–Kier alpha value is -2.96. The van der Waals surface area contributed by atoms with Gasteiger partial charge in [0.1, 0.15) is 5.82 Å². The molecule has 7 heteroatoms. The van der Waals surface area contributed by atoms with Crippen molar-refractivity contribution in [3.8, 4) is 5.69 Å². The summed E-state index contributed by atoms with van der Waals surface area (Å²) in [5.74, 6) is 0.739. The van der Waals surface area contributed by atoms with Crippen LogP contribution in [0.15, 0.2) is 36.5 Å². The van der Waals surface area contributed by atoms with E-state index in [1.54, 1.807) is 6.20 Å². The second kappa shape index (κ2) is 6.88. The summed E-state index contributed by atoms with van der Waals surface area (Å²) < 4.78 is 0. The zero-order chi connectivity index (χ0) is 17.1. The van der Waals surface area contributed by atoms with Gasteiger partial charge in [0, 0.05) is 5.69 Å². The van der Waals surface area contributed by atoms with Crippen LogP contribution in [-0.2, 0) is 30.6 Å². The highest BCUT2D eigenvalue weighted by Gasteiger charge is 2.15. The molecule has 0 aliphatic heterocycles. The van der Waals surface area contributed by atoms with Gasteiger partial charge in [0.15, 0.2) is 0 Å². The largest absolute Gasteiger partial charge is 0.349 e. The van der Waals surface area contributed by atoms with Crippen LogP contribution in [0, 0.1) is 0 Å². The van der Waals surface area contributed by atoms with Gasteiger partial charge in [0.05, 0.1) is 36.2 Å². The maximum absolute atomic E-state index is 12.1. The Morgan fingerprint density at radius 3 is 2.88 bits per heavy atom. The fourth-order valence-corrected chi connectivity index (χ4v) is 3.07. The molecule has 0 fully saturated rings. The number of nitrogens with one attached hydrogen (secondary N) is 2. The number of amides is 1. The molecule has 1 amide bonds. The van der Waals surface area contributed by atoms with Crippen molar-refractivity contribution in [2.75, 3.05) is 0 Å². The first kappa shape index (κ1) is 15.6. The van der Waals surface area contributed by atoms with Crippen LogP contribution in [0.3, 0.4) is 0 Å². The zero-order valence-corrected chi connectivity index (χ0v) is 13.9. The van der Waals surface area contributed by atoms with E-state index in [1.807, 2.05) is 30.3 Å². The molecule has 1 aliphatic rings. The van der Waals surface area contributed by atoms with Gasteiger partial charge in [-0.05, 0) is 37.8 Å². The minimum absolute atomic E-state index is 0.0884. The molecule has 0 atom stereocenters. The van der Waals surface area contributed by atoms with Crippen molar-refractivity contribution in [3.63, 3.8) is 0 Å². The minimum Gasteiger partial charge on any atom is -0.349 e. The van der Waals surface area contributed by atoms with Crippen LogP contribution in [0.25, 0.3) is 5.69 Å². The van der Waals surface area contributed by atoms with Crippen molar-refractivity contribution in [2.45, 2.75) is 38.6 Å². The molecule has 0 saturated carbocycles. The number of fused-ring (bicyclic) bond motifs is 1. The topological polar surface area (TPSA) is 88.5 Å². The number of aryl methyl sites for hydroxylation is 2. The Balaban J connectivity index is 1.33. The molecule has 25 heavy (non-hydrogen) atoms. The van der Waals surface area contributed by atoms with Gasteiger partial charge in [-0.2, -0.15) is 15.0 Å². The summed E-state index contributed by atoms with van der Waals surface area (Å²) in [7, 11) is 0. The van der Waals surface area contributed by atoms with Crippen LogP contribution >= 0.6 is 0 Å². The second-order valence-electron chi connectivity index (χ2n) is 6.23. The fraction of sp³-hybridized carbons (Fsp3) is 0.333. The van der Waals surface area contributed by atoms with Crippen molar-refractivity contribution in [2.24, 2.45) is 0 Å². The molecule has 4 rings (SSSR count). The third kappa shape index (κ3) is 3.60. The van der Waals surface area contributed by atoms with Crippen LogP contribution in [0.5, 0.6) is 0 Å². The summed E-state index contributed by atoms with van der Waals surface area (Å²) in [5, 5.41) is 11.5. The Morgan fingerprint density at radius 1 is 1.20 bits per heavy atom. The van der Waals surface area contributed by atoms with E-state index in [-0.39, 0.29) is 12.3 Å². The molecular formula is C18H20N6O. The van der Waals surface area contributed by atoms with Gasteiger partial charge in [0.25, 0.3) is 0 Å². The summed E-state index contributed by atoms with van der Waals surface area (Å²) >= 11 is 0. The third-order valence-electron chi connectivity index (χ3n) is 4.32. The molecule has 128 valence electrons. The van der Waals surface area contributed by atoms with Gasteiger partial charge in [-0.25, -0.2) is 4.98 Å². The van der Waals surface area contributed by atoms with Crippen LogP contribution < -0.4 is 5.32 Å². The number of benzene rings is 1. The normalized spacial score (nSPS) is 13.4. The van der Waals surface area contributed by atoms with E-state index >= 15 is 0 Å². The first-order valence-electron chi connectivity index (χ1n) is 8.58. The molecule has 3 aromatic rings. The van der Waals surface area contributed by atoms with Crippen LogP contribution in [0.2, 0.25) is 0 Å². The molecule has 0 bridgehead atoms. The summed E-state index contributed by atoms with van der Waals surface area (Å²) in [6, 6.07) is 9.63. The molecular weight excluding hydrogens is 316 g/mol. The standard InChI is InChI=1S/C18H20N6O/c25-18(19-12-17-21-15-8-4-5-9-16(15)22-17)10-13-11-20-24(23-13)14-6-2-1-3-7-14/h1-3,6-7,11H,4-5,8-10,12H2,(H,19,25)(H,21,22). The lowest BCUT2D eigenvalue weighted by Crippen LogP contribution is -2.25. The lowest BCUT2D eigenvalue weighted by molar-refractivity contribution is -0.120. The molecule has 2 N–H and O–H groups in total. The monoisotopic (exact) mass is 336 g/mol. The van der Waals surface area contributed by atoms with Gasteiger partial charge < -0.3 is 10.3 Å². The Bertz CT molecular complexity index is 843. The van der Waals surface area contributed by atoms with Crippen molar-refractivity contribution < 1.29 is 4.79 Å². The average molecular weight is 336 g/mol. The lowest BCUT2D eigenvalue weighted by atomic mass is 10.0. The van der Waals surface area contributed by atoms with Gasteiger partial charge >= 0.3 is 0 Å². The van der Waals surface area contributed by atoms with E-state index in [0.29, 0.717) is 12.2 Å². The number of carbonyl (C=O) groups excluding carboxylic acids is 1. The Morgan fingerprint density at radius 2 is 2.04 bits per heavy atom. The Labute approximate surface area is 145 Å². The predicted molar refractivity (Wildman–Crippen MR) is 92.1 cm³/mol. The second-order valence-corrected chi connectivity index (χ2v) is 6.23. The molecule has 0 saturated heterocycles.